The lowest BCUT2D eigenvalue weighted by atomic mass is 9.84. The number of nitrogens with zero attached hydrogens (tertiary/aromatic N) is 4. The Labute approximate surface area is 228 Å². The van der Waals surface area contributed by atoms with Gasteiger partial charge in [-0.25, -0.2) is 4.68 Å². The predicted octanol–water partition coefficient (Wildman–Crippen LogP) is 5.31. The van der Waals surface area contributed by atoms with Crippen LogP contribution in [0.3, 0.4) is 0 Å². The maximum Gasteiger partial charge on any atom is 0.274 e. The van der Waals surface area contributed by atoms with Gasteiger partial charge >= 0.3 is 0 Å². The van der Waals surface area contributed by atoms with Crippen molar-refractivity contribution in [3.05, 3.63) is 45.8 Å². The van der Waals surface area contributed by atoms with Crippen LogP contribution in [-0.2, 0) is 11.4 Å². The minimum atomic E-state index is -0.152. The fraction of sp³-hybridized carbons (Fsp3) is 0.483. The monoisotopic (exact) mass is 536 g/mol. The second-order valence-electron chi connectivity index (χ2n) is 10.6. The minimum Gasteiger partial charge on any atom is -0.491 e. The van der Waals surface area contributed by atoms with Crippen LogP contribution >= 0.6 is 11.3 Å². The molecule has 38 heavy (non-hydrogen) atoms. The molecule has 1 aliphatic heterocycles. The van der Waals surface area contributed by atoms with E-state index in [1.165, 1.54) is 0 Å². The van der Waals surface area contributed by atoms with Gasteiger partial charge in [0.2, 0.25) is 5.91 Å². The average molecular weight is 537 g/mol. The summed E-state index contributed by atoms with van der Waals surface area (Å²) in [5.74, 6) is 1.81. The Morgan fingerprint density at radius 2 is 1.97 bits per heavy atom. The third-order valence-electron chi connectivity index (χ3n) is 7.37. The first-order valence-corrected chi connectivity index (χ1v) is 14.3. The summed E-state index contributed by atoms with van der Waals surface area (Å²) in [6.07, 6.45) is 3.87. The molecule has 0 saturated heterocycles. The summed E-state index contributed by atoms with van der Waals surface area (Å²) < 4.78 is 14.1. The molecule has 0 spiro atoms. The van der Waals surface area contributed by atoms with Crippen molar-refractivity contribution in [3.63, 3.8) is 0 Å². The van der Waals surface area contributed by atoms with Crippen molar-refractivity contribution in [2.24, 2.45) is 5.92 Å². The van der Waals surface area contributed by atoms with E-state index in [-0.39, 0.29) is 30.4 Å². The zero-order valence-corrected chi connectivity index (χ0v) is 23.6. The van der Waals surface area contributed by atoms with Gasteiger partial charge in [-0.15, -0.1) is 0 Å². The van der Waals surface area contributed by atoms with Crippen LogP contribution in [0.5, 0.6) is 11.5 Å². The summed E-state index contributed by atoms with van der Waals surface area (Å²) in [4.78, 5) is 29.6. The van der Waals surface area contributed by atoms with Crippen molar-refractivity contribution in [1.82, 2.24) is 19.6 Å². The third-order valence-corrected chi connectivity index (χ3v) is 8.04. The lowest BCUT2D eigenvalue weighted by Gasteiger charge is -2.29. The van der Waals surface area contributed by atoms with Crippen LogP contribution in [-0.4, -0.2) is 64.7 Å². The maximum absolute atomic E-state index is 13.6. The van der Waals surface area contributed by atoms with Gasteiger partial charge in [0.25, 0.3) is 5.91 Å². The van der Waals surface area contributed by atoms with E-state index in [2.05, 4.69) is 0 Å². The Balaban J connectivity index is 1.41. The van der Waals surface area contributed by atoms with Crippen LogP contribution in [0.15, 0.2) is 29.0 Å². The van der Waals surface area contributed by atoms with Crippen molar-refractivity contribution in [2.75, 3.05) is 27.2 Å². The topological polar surface area (TPSA) is 76.9 Å². The van der Waals surface area contributed by atoms with Crippen molar-refractivity contribution >= 4 is 23.2 Å². The molecule has 1 aliphatic carbocycles. The Hall–Kier alpha value is -3.33. The number of aromatic nitrogens is 2. The highest BCUT2D eigenvalue weighted by Crippen LogP contribution is 2.43. The predicted molar refractivity (Wildman–Crippen MR) is 148 cm³/mol. The van der Waals surface area contributed by atoms with E-state index in [9.17, 15) is 9.59 Å². The van der Waals surface area contributed by atoms with E-state index in [0.29, 0.717) is 25.2 Å². The summed E-state index contributed by atoms with van der Waals surface area (Å²) in [6, 6.07) is 6.00. The zero-order chi connectivity index (χ0) is 27.0. The standard InChI is InChI=1S/C29H36N4O4S/c1-18(2)37-24-15-22-25(14-19(24)3)36-16-23-26(30-33(27(22)23)21-10-13-38-17-21)29(35)32(5)12-7-11-31(4)28(34)20-8-6-9-20/h10,13-15,17-18,20H,6-9,11-12,16H2,1-5H3. The Bertz CT molecular complexity index is 1330. The molecule has 2 aliphatic rings. The van der Waals surface area contributed by atoms with Gasteiger partial charge in [-0.3, -0.25) is 9.59 Å². The van der Waals surface area contributed by atoms with Crippen LogP contribution < -0.4 is 9.47 Å². The number of carbonyl (C=O) groups is 2. The molecule has 0 N–H and O–H groups in total. The van der Waals surface area contributed by atoms with Crippen molar-refractivity contribution < 1.29 is 19.1 Å². The van der Waals surface area contributed by atoms with Crippen LogP contribution in [0.1, 0.15) is 61.1 Å². The number of ether oxygens (including phenoxy) is 2. The number of amides is 2. The molecule has 2 amide bonds. The number of benzene rings is 1. The molecule has 3 aromatic rings. The molecule has 1 aromatic carbocycles. The summed E-state index contributed by atoms with van der Waals surface area (Å²) in [5, 5.41) is 8.85. The lowest BCUT2D eigenvalue weighted by Crippen LogP contribution is -2.38. The summed E-state index contributed by atoms with van der Waals surface area (Å²) in [7, 11) is 3.65. The number of fused-ring (bicyclic) bond motifs is 3. The number of carbonyl (C=O) groups excluding carboxylic acids is 2. The Kier molecular flexibility index (Phi) is 7.47. The first-order valence-electron chi connectivity index (χ1n) is 13.3. The molecular formula is C29H36N4O4S. The molecule has 5 rings (SSSR count). The van der Waals surface area contributed by atoms with Gasteiger partial charge in [0, 0.05) is 49.6 Å². The van der Waals surface area contributed by atoms with Crippen molar-refractivity contribution in [2.45, 2.75) is 59.2 Å². The maximum atomic E-state index is 13.6. The summed E-state index contributed by atoms with van der Waals surface area (Å²) in [6.45, 7) is 7.44. The number of rotatable bonds is 9. The highest BCUT2D eigenvalue weighted by Gasteiger charge is 2.32. The first kappa shape index (κ1) is 26.3. The van der Waals surface area contributed by atoms with E-state index in [0.717, 1.165) is 58.8 Å². The number of aryl methyl sites for hydroxylation is 1. The van der Waals surface area contributed by atoms with Gasteiger partial charge in [-0.1, -0.05) is 6.42 Å². The van der Waals surface area contributed by atoms with Crippen molar-refractivity contribution in [3.8, 4) is 28.4 Å². The molecule has 1 fully saturated rings. The average Bonchev–Trinajstić information content (AvgIpc) is 3.50. The fourth-order valence-electron chi connectivity index (χ4n) is 5.00. The molecule has 202 valence electrons. The number of hydrogen-bond donors (Lipinski definition) is 0. The SMILES string of the molecule is Cc1cc2c(cc1OC(C)C)-c1c(c(C(=O)N(C)CCCN(C)C(=O)C3CCC3)nn1-c1ccsc1)CO2. The largest absolute Gasteiger partial charge is 0.491 e. The van der Waals surface area contributed by atoms with E-state index in [1.54, 1.807) is 28.2 Å². The summed E-state index contributed by atoms with van der Waals surface area (Å²) >= 11 is 1.58. The van der Waals surface area contributed by atoms with Crippen LogP contribution in [0.4, 0.5) is 0 Å². The molecule has 0 atom stereocenters. The second-order valence-corrected chi connectivity index (χ2v) is 11.4. The normalized spacial score (nSPS) is 14.4. The molecule has 0 unspecified atom stereocenters. The number of thiophene rings is 1. The third kappa shape index (κ3) is 5.04. The minimum absolute atomic E-state index is 0.0337. The van der Waals surface area contributed by atoms with E-state index >= 15 is 0 Å². The molecule has 3 heterocycles. The van der Waals surface area contributed by atoms with Crippen molar-refractivity contribution in [1.29, 1.82) is 0 Å². The van der Waals surface area contributed by atoms with Crippen LogP contribution in [0.25, 0.3) is 16.9 Å². The number of hydrogen-bond acceptors (Lipinski definition) is 6. The molecule has 9 heteroatoms. The molecule has 2 aromatic heterocycles. The van der Waals surface area contributed by atoms with Gasteiger partial charge in [-0.2, -0.15) is 16.4 Å². The first-order chi connectivity index (χ1) is 18.2. The molecule has 1 saturated carbocycles. The Morgan fingerprint density at radius 3 is 2.63 bits per heavy atom. The molecule has 0 radical (unpaired) electrons. The smallest absolute Gasteiger partial charge is 0.274 e. The van der Waals surface area contributed by atoms with E-state index in [4.69, 9.17) is 14.6 Å². The quantitative estimate of drug-likeness (QED) is 0.371. The second kappa shape index (κ2) is 10.8. The van der Waals surface area contributed by atoms with Crippen LogP contribution in [0, 0.1) is 12.8 Å². The highest BCUT2D eigenvalue weighted by molar-refractivity contribution is 7.08. The van der Waals surface area contributed by atoms with E-state index < -0.39 is 0 Å². The van der Waals surface area contributed by atoms with E-state index in [1.807, 2.05) is 61.5 Å². The summed E-state index contributed by atoms with van der Waals surface area (Å²) in [5.41, 5.74) is 4.80. The molecular weight excluding hydrogens is 500 g/mol. The Morgan fingerprint density at radius 1 is 1.21 bits per heavy atom. The van der Waals surface area contributed by atoms with Gasteiger partial charge in [0.15, 0.2) is 5.69 Å². The fourth-order valence-corrected chi connectivity index (χ4v) is 5.62. The lowest BCUT2D eigenvalue weighted by molar-refractivity contribution is -0.136. The van der Waals surface area contributed by atoms with Gasteiger partial charge in [-0.05, 0) is 69.2 Å². The highest BCUT2D eigenvalue weighted by atomic mass is 32.1. The van der Waals surface area contributed by atoms with Crippen LogP contribution in [0.2, 0.25) is 0 Å². The molecule has 8 nitrogen and oxygen atoms in total. The zero-order valence-electron chi connectivity index (χ0n) is 22.8. The molecule has 0 bridgehead atoms. The van der Waals surface area contributed by atoms with Gasteiger partial charge in [0.1, 0.15) is 18.1 Å². The van der Waals surface area contributed by atoms with Gasteiger partial charge in [0.05, 0.1) is 17.5 Å². The van der Waals surface area contributed by atoms with Gasteiger partial charge < -0.3 is 19.3 Å².